The number of amides is 2. The van der Waals surface area contributed by atoms with Crippen LogP contribution in [0.1, 0.15) is 51.3 Å². The lowest BCUT2D eigenvalue weighted by atomic mass is 9.96. The number of fused-ring (bicyclic) bond motifs is 1. The van der Waals surface area contributed by atoms with Crippen LogP contribution in [0, 0.1) is 17.9 Å². The van der Waals surface area contributed by atoms with E-state index in [0.717, 1.165) is 4.90 Å². The highest BCUT2D eigenvalue weighted by atomic mass is 35.5. The number of anilines is 1. The second-order valence-electron chi connectivity index (χ2n) is 8.65. The zero-order chi connectivity index (χ0) is 26.3. The third kappa shape index (κ3) is 4.42. The molecular weight excluding hydrogens is 500 g/mol. The number of hydrogen-bond donors (Lipinski definition) is 1. The van der Waals surface area contributed by atoms with Gasteiger partial charge in [0.2, 0.25) is 0 Å². The van der Waals surface area contributed by atoms with Crippen molar-refractivity contribution in [1.82, 2.24) is 4.90 Å². The van der Waals surface area contributed by atoms with Gasteiger partial charge in [0.1, 0.15) is 0 Å². The molecule has 0 radical (unpaired) electrons. The minimum atomic E-state index is -4.13. The molecule has 0 atom stereocenters. The Balaban J connectivity index is 1.67. The molecule has 3 aromatic rings. The molecule has 0 spiro atoms. The molecule has 0 aliphatic carbocycles. The summed E-state index contributed by atoms with van der Waals surface area (Å²) in [5, 5.41) is 9.14. The molecule has 3 aromatic carbocycles. The van der Waals surface area contributed by atoms with E-state index in [1.54, 1.807) is 50.2 Å². The Labute approximate surface area is 213 Å². The zero-order valence-electron chi connectivity index (χ0n) is 19.2. The number of benzene rings is 3. The van der Waals surface area contributed by atoms with E-state index in [1.807, 2.05) is 6.07 Å². The lowest BCUT2D eigenvalue weighted by Crippen LogP contribution is -2.29. The SMILES string of the molecule is [C-]#[N+]C(C)(C)c1ccc(S(=O)(=O)Nc2ccc(Cl)c3c2C(=O)N(Cc2cccc(C#N)c2)C3=O)cc1. The minimum absolute atomic E-state index is 0.0188. The average Bonchev–Trinajstić information content (AvgIpc) is 3.11. The first-order chi connectivity index (χ1) is 17.0. The number of carbonyl (C=O) groups excluding carboxylic acids is 2. The molecule has 1 aliphatic rings. The van der Waals surface area contributed by atoms with Crippen molar-refractivity contribution in [2.75, 3.05) is 4.72 Å². The first kappa shape index (κ1) is 24.9. The van der Waals surface area contributed by atoms with E-state index in [0.29, 0.717) is 16.7 Å². The molecule has 0 fully saturated rings. The number of hydrogen-bond acceptors (Lipinski definition) is 5. The van der Waals surface area contributed by atoms with Crippen molar-refractivity contribution in [2.24, 2.45) is 0 Å². The molecule has 0 unspecified atom stereocenters. The average molecular weight is 519 g/mol. The summed E-state index contributed by atoms with van der Waals surface area (Å²) in [5.74, 6) is -1.36. The predicted molar refractivity (Wildman–Crippen MR) is 134 cm³/mol. The molecular formula is C26H19ClN4O4S. The van der Waals surface area contributed by atoms with Gasteiger partial charge in [0, 0.05) is 19.4 Å². The number of sulfonamides is 1. The van der Waals surface area contributed by atoms with E-state index in [9.17, 15) is 18.0 Å². The van der Waals surface area contributed by atoms with Gasteiger partial charge in [-0.1, -0.05) is 23.7 Å². The number of nitrogens with zero attached hydrogens (tertiary/aromatic N) is 3. The Hall–Kier alpha value is -4.18. The fourth-order valence-electron chi connectivity index (χ4n) is 3.83. The van der Waals surface area contributed by atoms with Gasteiger partial charge < -0.3 is 4.85 Å². The Morgan fingerprint density at radius 1 is 1.06 bits per heavy atom. The van der Waals surface area contributed by atoms with Crippen molar-refractivity contribution < 1.29 is 18.0 Å². The summed E-state index contributed by atoms with van der Waals surface area (Å²) in [6.07, 6.45) is 0. The summed E-state index contributed by atoms with van der Waals surface area (Å²) in [4.78, 5) is 30.8. The topological polar surface area (TPSA) is 112 Å². The van der Waals surface area contributed by atoms with Gasteiger partial charge in [0.05, 0.1) is 44.9 Å². The van der Waals surface area contributed by atoms with Crippen LogP contribution in [-0.2, 0) is 22.1 Å². The van der Waals surface area contributed by atoms with E-state index >= 15 is 0 Å². The minimum Gasteiger partial charge on any atom is -0.306 e. The van der Waals surface area contributed by atoms with Crippen LogP contribution < -0.4 is 4.72 Å². The highest BCUT2D eigenvalue weighted by Crippen LogP contribution is 2.36. The quantitative estimate of drug-likeness (QED) is 0.366. The molecule has 8 nitrogen and oxygen atoms in total. The maximum absolute atomic E-state index is 13.3. The lowest BCUT2D eigenvalue weighted by molar-refractivity contribution is 0.0642. The van der Waals surface area contributed by atoms with Gasteiger partial charge in [-0.15, -0.1) is 0 Å². The van der Waals surface area contributed by atoms with Crippen molar-refractivity contribution in [3.05, 3.63) is 105 Å². The number of halogens is 1. The van der Waals surface area contributed by atoms with Crippen LogP contribution in [0.5, 0.6) is 0 Å². The molecule has 10 heteroatoms. The van der Waals surface area contributed by atoms with Crippen molar-refractivity contribution >= 4 is 39.1 Å². The van der Waals surface area contributed by atoms with E-state index in [1.165, 1.54) is 24.3 Å². The summed E-state index contributed by atoms with van der Waals surface area (Å²) in [5.41, 5.74) is 0.471. The molecule has 1 N–H and O–H groups in total. The molecule has 1 aliphatic heterocycles. The highest BCUT2D eigenvalue weighted by molar-refractivity contribution is 7.92. The molecule has 1 heterocycles. The van der Waals surface area contributed by atoms with Crippen LogP contribution in [0.3, 0.4) is 0 Å². The maximum Gasteiger partial charge on any atom is 0.264 e. The predicted octanol–water partition coefficient (Wildman–Crippen LogP) is 4.96. The second-order valence-corrected chi connectivity index (χ2v) is 10.7. The van der Waals surface area contributed by atoms with E-state index < -0.39 is 27.4 Å². The summed E-state index contributed by atoms with van der Waals surface area (Å²) in [7, 11) is -4.13. The molecule has 36 heavy (non-hydrogen) atoms. The summed E-state index contributed by atoms with van der Waals surface area (Å²) >= 11 is 6.24. The van der Waals surface area contributed by atoms with Gasteiger partial charge in [-0.25, -0.2) is 15.0 Å². The smallest absolute Gasteiger partial charge is 0.264 e. The van der Waals surface area contributed by atoms with Gasteiger partial charge in [-0.2, -0.15) is 5.26 Å². The molecule has 180 valence electrons. The van der Waals surface area contributed by atoms with E-state index in [4.69, 9.17) is 23.4 Å². The maximum atomic E-state index is 13.3. The van der Waals surface area contributed by atoms with E-state index in [2.05, 4.69) is 9.57 Å². The molecule has 2 amide bonds. The number of rotatable bonds is 6. The zero-order valence-corrected chi connectivity index (χ0v) is 20.8. The lowest BCUT2D eigenvalue weighted by Gasteiger charge is -2.15. The molecule has 4 rings (SSSR count). The van der Waals surface area contributed by atoms with Crippen molar-refractivity contribution in [2.45, 2.75) is 30.8 Å². The van der Waals surface area contributed by atoms with Crippen molar-refractivity contribution in [3.8, 4) is 6.07 Å². The van der Waals surface area contributed by atoms with Crippen LogP contribution in [0.15, 0.2) is 65.6 Å². The van der Waals surface area contributed by atoms with Gasteiger partial charge in [0.15, 0.2) is 0 Å². The Bertz CT molecular complexity index is 1600. The fourth-order valence-corrected chi connectivity index (χ4v) is 5.14. The van der Waals surface area contributed by atoms with Crippen molar-refractivity contribution in [1.29, 1.82) is 5.26 Å². The molecule has 0 saturated carbocycles. The third-order valence-corrected chi connectivity index (χ3v) is 7.56. The first-order valence-electron chi connectivity index (χ1n) is 10.7. The van der Waals surface area contributed by atoms with Crippen LogP contribution in [-0.4, -0.2) is 25.1 Å². The number of nitriles is 1. The summed E-state index contributed by atoms with van der Waals surface area (Å²) < 4.78 is 28.6. The normalized spacial score (nSPS) is 13.2. The Morgan fingerprint density at radius 2 is 1.72 bits per heavy atom. The third-order valence-electron chi connectivity index (χ3n) is 5.86. The van der Waals surface area contributed by atoms with Crippen molar-refractivity contribution in [3.63, 3.8) is 0 Å². The van der Waals surface area contributed by atoms with Crippen LogP contribution in [0.4, 0.5) is 5.69 Å². The molecule has 0 saturated heterocycles. The number of imide groups is 1. The van der Waals surface area contributed by atoms with Crippen LogP contribution >= 0.6 is 11.6 Å². The number of nitrogens with one attached hydrogen (secondary N) is 1. The van der Waals surface area contributed by atoms with Gasteiger partial charge in [0.25, 0.3) is 27.4 Å². The Kier molecular flexibility index (Phi) is 6.32. The van der Waals surface area contributed by atoms with Gasteiger partial charge >= 0.3 is 0 Å². The number of carbonyl (C=O) groups is 2. The summed E-state index contributed by atoms with van der Waals surface area (Å²) in [6.45, 7) is 10.6. The molecule has 0 bridgehead atoms. The first-order valence-corrected chi connectivity index (χ1v) is 12.5. The summed E-state index contributed by atoms with van der Waals surface area (Å²) in [6, 6.07) is 17.0. The second kappa shape index (κ2) is 9.12. The fraction of sp³-hybridized carbons (Fsp3) is 0.154. The highest BCUT2D eigenvalue weighted by Gasteiger charge is 2.40. The van der Waals surface area contributed by atoms with Crippen LogP contribution in [0.25, 0.3) is 4.85 Å². The standard InChI is InChI=1S/C26H19ClN4O4S/c1-26(2,29-3)18-7-9-19(10-8-18)36(34,35)30-21-12-11-20(27)22-23(21)25(33)31(24(22)32)15-17-6-4-5-16(13-17)14-28/h4-13,30H,15H2,1-2H3. The van der Waals surface area contributed by atoms with E-state index in [-0.39, 0.29) is 33.3 Å². The largest absolute Gasteiger partial charge is 0.306 e. The van der Waals surface area contributed by atoms with Crippen LogP contribution in [0.2, 0.25) is 5.02 Å². The molecule has 0 aromatic heterocycles. The van der Waals surface area contributed by atoms with Gasteiger partial charge in [-0.3, -0.25) is 19.2 Å². The monoisotopic (exact) mass is 518 g/mol. The Morgan fingerprint density at radius 3 is 2.36 bits per heavy atom. The van der Waals surface area contributed by atoms with Gasteiger partial charge in [-0.05, 0) is 54.1 Å².